The molecule has 0 aromatic heterocycles. The summed E-state index contributed by atoms with van der Waals surface area (Å²) in [6, 6.07) is 8.97. The number of anilines is 1. The van der Waals surface area contributed by atoms with Gasteiger partial charge in [-0.1, -0.05) is 0 Å². The lowest BCUT2D eigenvalue weighted by molar-refractivity contribution is -0.116. The Bertz CT molecular complexity index is 828. The molecule has 28 heavy (non-hydrogen) atoms. The topological polar surface area (TPSA) is 67.9 Å². The number of halogens is 3. The first-order chi connectivity index (χ1) is 13.3. The summed E-state index contributed by atoms with van der Waals surface area (Å²) in [7, 11) is 1.41. The van der Waals surface area contributed by atoms with Gasteiger partial charge in [0.25, 0.3) is 5.91 Å². The Kier molecular flexibility index (Phi) is 7.25. The van der Waals surface area contributed by atoms with Gasteiger partial charge in [0, 0.05) is 18.3 Å². The van der Waals surface area contributed by atoms with Gasteiger partial charge in [-0.2, -0.15) is 8.78 Å². The Morgan fingerprint density at radius 2 is 1.79 bits per heavy atom. The number of likely N-dealkylation sites (N-methyl/N-ethyl adjacent to an activating group) is 1. The minimum atomic E-state index is -3.03. The number of ether oxygens (including phenoxy) is 2. The molecule has 0 radical (unpaired) electrons. The van der Waals surface area contributed by atoms with E-state index < -0.39 is 24.2 Å². The van der Waals surface area contributed by atoms with Crippen molar-refractivity contribution in [3.63, 3.8) is 0 Å². The number of hydrogen-bond donors (Lipinski definition) is 1. The summed E-state index contributed by atoms with van der Waals surface area (Å²) in [5.74, 6) is -1.62. The normalized spacial score (nSPS) is 10.5. The number of benzene rings is 2. The Hall–Kier alpha value is -3.23. The lowest BCUT2D eigenvalue weighted by Crippen LogP contribution is -2.34. The first kappa shape index (κ1) is 21.1. The van der Waals surface area contributed by atoms with E-state index in [4.69, 9.17) is 4.74 Å². The second kappa shape index (κ2) is 9.63. The molecule has 150 valence electrons. The molecule has 0 aliphatic heterocycles. The molecule has 0 saturated heterocycles. The summed E-state index contributed by atoms with van der Waals surface area (Å²) in [6.45, 7) is -1.45. The van der Waals surface area contributed by atoms with Crippen LogP contribution in [-0.4, -0.2) is 43.5 Å². The van der Waals surface area contributed by atoms with Crippen LogP contribution in [0.25, 0.3) is 0 Å². The van der Waals surface area contributed by atoms with Crippen LogP contribution < -0.4 is 14.8 Å². The van der Waals surface area contributed by atoms with Gasteiger partial charge in [0.2, 0.25) is 5.91 Å². The van der Waals surface area contributed by atoms with Crippen molar-refractivity contribution in [3.8, 4) is 11.5 Å². The van der Waals surface area contributed by atoms with Gasteiger partial charge in [0.1, 0.15) is 5.82 Å². The molecule has 2 amide bonds. The highest BCUT2D eigenvalue weighted by Gasteiger charge is 2.19. The van der Waals surface area contributed by atoms with Gasteiger partial charge in [-0.05, 0) is 49.4 Å². The molecule has 1 N–H and O–H groups in total. The third-order valence-electron chi connectivity index (χ3n) is 3.56. The van der Waals surface area contributed by atoms with Gasteiger partial charge >= 0.3 is 6.61 Å². The quantitative estimate of drug-likeness (QED) is 0.741. The molecule has 0 atom stereocenters. The number of nitrogens with one attached hydrogen (secondary N) is 1. The zero-order chi connectivity index (χ0) is 20.7. The Morgan fingerprint density at radius 3 is 2.39 bits per heavy atom. The Morgan fingerprint density at radius 1 is 1.11 bits per heavy atom. The summed E-state index contributed by atoms with van der Waals surface area (Å²) in [4.78, 5) is 25.7. The fourth-order valence-electron chi connectivity index (χ4n) is 2.34. The lowest BCUT2D eigenvalue weighted by Gasteiger charge is -2.18. The summed E-state index contributed by atoms with van der Waals surface area (Å²) in [5, 5.41) is 2.54. The van der Waals surface area contributed by atoms with E-state index in [0.717, 1.165) is 4.90 Å². The van der Waals surface area contributed by atoms with E-state index in [2.05, 4.69) is 10.1 Å². The van der Waals surface area contributed by atoms with E-state index in [0.29, 0.717) is 5.69 Å². The van der Waals surface area contributed by atoms with Crippen LogP contribution >= 0.6 is 0 Å². The molecule has 2 aromatic carbocycles. The number of carbonyl (C=O) groups is 2. The molecular formula is C19H19F3N2O4. The second-order valence-electron chi connectivity index (χ2n) is 5.69. The van der Waals surface area contributed by atoms with Crippen molar-refractivity contribution in [1.82, 2.24) is 4.90 Å². The molecule has 9 heteroatoms. The number of nitrogens with zero attached hydrogens (tertiary/aromatic N) is 1. The summed E-state index contributed by atoms with van der Waals surface area (Å²) < 4.78 is 47.4. The van der Waals surface area contributed by atoms with Crippen LogP contribution in [0.4, 0.5) is 18.9 Å². The maximum Gasteiger partial charge on any atom is 0.387 e. The van der Waals surface area contributed by atoms with Crippen molar-refractivity contribution < 1.29 is 32.2 Å². The van der Waals surface area contributed by atoms with E-state index in [1.54, 1.807) is 6.92 Å². The first-order valence-corrected chi connectivity index (χ1v) is 8.32. The SMILES string of the molecule is CCOc1cc(C(=O)N(C)CC(=O)Nc2ccc(F)cc2)ccc1OC(F)F. The molecule has 2 rings (SSSR count). The molecule has 0 fully saturated rings. The molecule has 0 bridgehead atoms. The van der Waals surface area contributed by atoms with Crippen LogP contribution in [0, 0.1) is 5.82 Å². The van der Waals surface area contributed by atoms with Gasteiger partial charge in [-0.3, -0.25) is 9.59 Å². The van der Waals surface area contributed by atoms with Crippen molar-refractivity contribution in [2.45, 2.75) is 13.5 Å². The zero-order valence-electron chi connectivity index (χ0n) is 15.2. The van der Waals surface area contributed by atoms with E-state index in [9.17, 15) is 22.8 Å². The third-order valence-corrected chi connectivity index (χ3v) is 3.56. The van der Waals surface area contributed by atoms with Crippen LogP contribution in [0.3, 0.4) is 0 Å². The van der Waals surface area contributed by atoms with Gasteiger partial charge in [-0.15, -0.1) is 0 Å². The highest BCUT2D eigenvalue weighted by atomic mass is 19.3. The summed E-state index contributed by atoms with van der Waals surface area (Å²) in [5.41, 5.74) is 0.529. The molecule has 0 unspecified atom stereocenters. The molecule has 0 heterocycles. The summed E-state index contributed by atoms with van der Waals surface area (Å²) in [6.07, 6.45) is 0. The molecule has 0 spiro atoms. The predicted molar refractivity (Wildman–Crippen MR) is 96.2 cm³/mol. The standard InChI is InChI=1S/C19H19F3N2O4/c1-3-27-16-10-12(4-9-15(16)28-19(21)22)18(26)24(2)11-17(25)23-14-7-5-13(20)6-8-14/h4-10,19H,3,11H2,1-2H3,(H,23,25). The van der Waals surface area contributed by atoms with Gasteiger partial charge in [-0.25, -0.2) is 4.39 Å². The average molecular weight is 396 g/mol. The number of rotatable bonds is 8. The van der Waals surface area contributed by atoms with Crippen molar-refractivity contribution >= 4 is 17.5 Å². The maximum absolute atomic E-state index is 12.9. The van der Waals surface area contributed by atoms with E-state index in [-0.39, 0.29) is 30.2 Å². The van der Waals surface area contributed by atoms with E-state index in [1.165, 1.54) is 49.5 Å². The largest absolute Gasteiger partial charge is 0.490 e. The van der Waals surface area contributed by atoms with Crippen molar-refractivity contribution in [3.05, 3.63) is 53.8 Å². The lowest BCUT2D eigenvalue weighted by atomic mass is 10.1. The van der Waals surface area contributed by atoms with Gasteiger partial charge < -0.3 is 19.7 Å². The van der Waals surface area contributed by atoms with Gasteiger partial charge in [0.05, 0.1) is 13.2 Å². The van der Waals surface area contributed by atoms with Crippen molar-refractivity contribution in [1.29, 1.82) is 0 Å². The van der Waals surface area contributed by atoms with Crippen LogP contribution in [0.1, 0.15) is 17.3 Å². The Labute approximate surface area is 159 Å². The van der Waals surface area contributed by atoms with Crippen molar-refractivity contribution in [2.24, 2.45) is 0 Å². The Balaban J connectivity index is 2.05. The third kappa shape index (κ3) is 5.90. The second-order valence-corrected chi connectivity index (χ2v) is 5.69. The highest BCUT2D eigenvalue weighted by molar-refractivity contribution is 5.99. The fourth-order valence-corrected chi connectivity index (χ4v) is 2.34. The monoisotopic (exact) mass is 396 g/mol. The average Bonchev–Trinajstić information content (AvgIpc) is 2.64. The van der Waals surface area contributed by atoms with E-state index >= 15 is 0 Å². The molecule has 0 saturated carbocycles. The van der Waals surface area contributed by atoms with Crippen LogP contribution in [0.5, 0.6) is 11.5 Å². The zero-order valence-corrected chi connectivity index (χ0v) is 15.2. The number of carbonyl (C=O) groups excluding carboxylic acids is 2. The van der Waals surface area contributed by atoms with Crippen LogP contribution in [0.2, 0.25) is 0 Å². The smallest absolute Gasteiger partial charge is 0.387 e. The predicted octanol–water partition coefficient (Wildman–Crippen LogP) is 3.54. The van der Waals surface area contributed by atoms with Gasteiger partial charge in [0.15, 0.2) is 11.5 Å². The first-order valence-electron chi connectivity index (χ1n) is 8.32. The highest BCUT2D eigenvalue weighted by Crippen LogP contribution is 2.30. The summed E-state index contributed by atoms with van der Waals surface area (Å²) >= 11 is 0. The minimum absolute atomic E-state index is 0.00202. The number of hydrogen-bond acceptors (Lipinski definition) is 4. The number of amides is 2. The minimum Gasteiger partial charge on any atom is -0.490 e. The fraction of sp³-hybridized carbons (Fsp3) is 0.263. The molecule has 6 nitrogen and oxygen atoms in total. The molecule has 0 aliphatic carbocycles. The number of alkyl halides is 2. The maximum atomic E-state index is 12.9. The molecular weight excluding hydrogens is 377 g/mol. The van der Waals surface area contributed by atoms with Crippen LogP contribution in [-0.2, 0) is 4.79 Å². The molecule has 0 aliphatic rings. The van der Waals surface area contributed by atoms with Crippen LogP contribution in [0.15, 0.2) is 42.5 Å². The van der Waals surface area contributed by atoms with Crippen molar-refractivity contribution in [2.75, 3.05) is 25.5 Å². The molecule has 2 aromatic rings. The van der Waals surface area contributed by atoms with E-state index in [1.807, 2.05) is 0 Å².